The Morgan fingerprint density at radius 1 is 1.50 bits per heavy atom. The van der Waals surface area contributed by atoms with Crippen molar-refractivity contribution >= 4 is 17.5 Å². The fraction of sp³-hybridized carbons (Fsp3) is 0.250. The van der Waals surface area contributed by atoms with E-state index in [4.69, 9.17) is 21.6 Å². The summed E-state index contributed by atoms with van der Waals surface area (Å²) in [6, 6.07) is 6.54. The Balaban J connectivity index is 1.66. The van der Waals surface area contributed by atoms with E-state index in [9.17, 15) is 9.59 Å². The second kappa shape index (κ2) is 6.72. The average Bonchev–Trinajstić information content (AvgIpc) is 3.05. The molecular formula is C16H13ClN4O3. The molecule has 3 heterocycles. The van der Waals surface area contributed by atoms with Gasteiger partial charge in [0.25, 0.3) is 11.5 Å². The van der Waals surface area contributed by atoms with Gasteiger partial charge in [0.15, 0.2) is 0 Å². The fourth-order valence-corrected chi connectivity index (χ4v) is 2.66. The van der Waals surface area contributed by atoms with Gasteiger partial charge in [-0.25, -0.2) is 4.98 Å². The van der Waals surface area contributed by atoms with E-state index in [2.05, 4.69) is 9.97 Å². The van der Waals surface area contributed by atoms with Gasteiger partial charge in [0.1, 0.15) is 11.1 Å². The number of carbonyl (C=O) groups excluding carboxylic acids is 1. The maximum atomic E-state index is 12.4. The van der Waals surface area contributed by atoms with Crippen molar-refractivity contribution in [1.29, 1.82) is 5.26 Å². The van der Waals surface area contributed by atoms with Gasteiger partial charge in [-0.05, 0) is 12.1 Å². The number of aromatic nitrogens is 2. The molecule has 2 aromatic heterocycles. The summed E-state index contributed by atoms with van der Waals surface area (Å²) in [5, 5.41) is 8.86. The van der Waals surface area contributed by atoms with Crippen LogP contribution in [0.1, 0.15) is 22.3 Å². The number of nitrogens with zero attached hydrogens (tertiary/aromatic N) is 3. The van der Waals surface area contributed by atoms with Crippen LogP contribution in [0.2, 0.25) is 5.02 Å². The number of pyridine rings is 2. The lowest BCUT2D eigenvalue weighted by molar-refractivity contribution is 0.0770. The van der Waals surface area contributed by atoms with Crippen molar-refractivity contribution in [3.05, 3.63) is 57.1 Å². The number of nitriles is 1. The van der Waals surface area contributed by atoms with Crippen molar-refractivity contribution in [1.82, 2.24) is 14.9 Å². The average molecular weight is 345 g/mol. The van der Waals surface area contributed by atoms with Crippen LogP contribution in [0.3, 0.4) is 0 Å². The number of H-pyrrole nitrogens is 1. The zero-order chi connectivity index (χ0) is 17.1. The molecular weight excluding hydrogens is 332 g/mol. The molecule has 1 aliphatic rings. The van der Waals surface area contributed by atoms with Gasteiger partial charge in [-0.15, -0.1) is 0 Å². The first kappa shape index (κ1) is 16.0. The summed E-state index contributed by atoms with van der Waals surface area (Å²) in [6.07, 6.45) is 3.31. The molecule has 122 valence electrons. The molecule has 0 saturated carbocycles. The summed E-state index contributed by atoms with van der Waals surface area (Å²) >= 11 is 5.76. The molecule has 1 fully saturated rings. The molecule has 3 rings (SSSR count). The second-order valence-electron chi connectivity index (χ2n) is 5.34. The highest BCUT2D eigenvalue weighted by Crippen LogP contribution is 2.19. The number of amides is 1. The van der Waals surface area contributed by atoms with E-state index in [1.54, 1.807) is 17.0 Å². The quantitative estimate of drug-likeness (QED) is 0.911. The van der Waals surface area contributed by atoms with Crippen LogP contribution in [-0.4, -0.2) is 40.0 Å². The van der Waals surface area contributed by atoms with Crippen LogP contribution in [0.15, 0.2) is 35.4 Å². The van der Waals surface area contributed by atoms with Crippen molar-refractivity contribution in [3.63, 3.8) is 0 Å². The molecule has 1 atom stereocenters. The number of hydrogen-bond donors (Lipinski definition) is 1. The monoisotopic (exact) mass is 344 g/mol. The molecule has 0 aromatic carbocycles. The zero-order valence-electron chi connectivity index (χ0n) is 12.5. The van der Waals surface area contributed by atoms with Crippen molar-refractivity contribution in [2.24, 2.45) is 0 Å². The number of aromatic amines is 1. The largest absolute Gasteiger partial charge is 0.472 e. The third-order valence-electron chi connectivity index (χ3n) is 3.69. The highest BCUT2D eigenvalue weighted by atomic mass is 35.5. The smallest absolute Gasteiger partial charge is 0.266 e. The molecule has 1 N–H and O–H groups in total. The number of ether oxygens (including phenoxy) is 1. The Labute approximate surface area is 142 Å². The van der Waals surface area contributed by atoms with Crippen molar-refractivity contribution in [2.45, 2.75) is 12.5 Å². The Morgan fingerprint density at radius 3 is 3.08 bits per heavy atom. The van der Waals surface area contributed by atoms with Crippen molar-refractivity contribution in [3.8, 4) is 11.9 Å². The molecule has 8 heteroatoms. The predicted molar refractivity (Wildman–Crippen MR) is 86.0 cm³/mol. The summed E-state index contributed by atoms with van der Waals surface area (Å²) in [4.78, 5) is 31.8. The van der Waals surface area contributed by atoms with Crippen LogP contribution in [0.25, 0.3) is 0 Å². The van der Waals surface area contributed by atoms with Gasteiger partial charge in [-0.3, -0.25) is 9.59 Å². The standard InChI is InChI=1S/C16H13ClN4O3/c17-13-6-11(8-20-15(13)22)16(23)21-4-2-12(9-21)24-14-5-10(7-18)1-3-19-14/h1,3,5-6,8,12H,2,4,9H2,(H,20,22). The van der Waals surface area contributed by atoms with Crippen molar-refractivity contribution in [2.75, 3.05) is 13.1 Å². The fourth-order valence-electron chi connectivity index (χ4n) is 2.49. The Kier molecular flexibility index (Phi) is 4.49. The maximum absolute atomic E-state index is 12.4. The van der Waals surface area contributed by atoms with Crippen LogP contribution in [0.5, 0.6) is 5.88 Å². The molecule has 1 saturated heterocycles. The van der Waals surface area contributed by atoms with E-state index >= 15 is 0 Å². The number of nitrogens with one attached hydrogen (secondary N) is 1. The van der Waals surface area contributed by atoms with E-state index in [0.717, 1.165) is 0 Å². The Bertz CT molecular complexity index is 874. The zero-order valence-corrected chi connectivity index (χ0v) is 13.3. The van der Waals surface area contributed by atoms with Gasteiger partial charge in [-0.2, -0.15) is 5.26 Å². The highest BCUT2D eigenvalue weighted by molar-refractivity contribution is 6.30. The lowest BCUT2D eigenvalue weighted by Crippen LogP contribution is -2.31. The van der Waals surface area contributed by atoms with E-state index in [1.165, 1.54) is 18.5 Å². The minimum atomic E-state index is -0.431. The molecule has 0 bridgehead atoms. The van der Waals surface area contributed by atoms with E-state index in [1.807, 2.05) is 6.07 Å². The van der Waals surface area contributed by atoms with E-state index in [-0.39, 0.29) is 17.0 Å². The molecule has 24 heavy (non-hydrogen) atoms. The molecule has 1 amide bonds. The molecule has 2 aromatic rings. The van der Waals surface area contributed by atoms with Crippen LogP contribution < -0.4 is 10.3 Å². The minimum Gasteiger partial charge on any atom is -0.472 e. The lowest BCUT2D eigenvalue weighted by atomic mass is 10.2. The summed E-state index contributed by atoms with van der Waals surface area (Å²) in [6.45, 7) is 0.923. The van der Waals surface area contributed by atoms with Crippen molar-refractivity contribution < 1.29 is 9.53 Å². The van der Waals surface area contributed by atoms with Crippen LogP contribution >= 0.6 is 11.6 Å². The highest BCUT2D eigenvalue weighted by Gasteiger charge is 2.29. The van der Waals surface area contributed by atoms with E-state index in [0.29, 0.717) is 36.5 Å². The van der Waals surface area contributed by atoms with E-state index < -0.39 is 5.56 Å². The van der Waals surface area contributed by atoms with Crippen LogP contribution in [0, 0.1) is 11.3 Å². The van der Waals surface area contributed by atoms with Gasteiger partial charge >= 0.3 is 0 Å². The van der Waals surface area contributed by atoms with Gasteiger partial charge in [0.2, 0.25) is 5.88 Å². The normalized spacial score (nSPS) is 16.7. The van der Waals surface area contributed by atoms with Gasteiger partial charge < -0.3 is 14.6 Å². The number of hydrogen-bond acceptors (Lipinski definition) is 5. The van der Waals surface area contributed by atoms with Crippen LogP contribution in [-0.2, 0) is 0 Å². The topological polar surface area (TPSA) is 99.1 Å². The maximum Gasteiger partial charge on any atom is 0.266 e. The number of rotatable bonds is 3. The molecule has 1 unspecified atom stereocenters. The third-order valence-corrected chi connectivity index (χ3v) is 3.97. The first-order chi connectivity index (χ1) is 11.6. The first-order valence-corrected chi connectivity index (χ1v) is 7.65. The molecule has 0 spiro atoms. The third kappa shape index (κ3) is 3.39. The summed E-state index contributed by atoms with van der Waals surface area (Å²) in [5.41, 5.74) is 0.359. The van der Waals surface area contributed by atoms with Gasteiger partial charge in [0.05, 0.1) is 23.7 Å². The predicted octanol–water partition coefficient (Wildman–Crippen LogP) is 1.59. The first-order valence-electron chi connectivity index (χ1n) is 7.27. The Morgan fingerprint density at radius 2 is 2.33 bits per heavy atom. The second-order valence-corrected chi connectivity index (χ2v) is 5.75. The SMILES string of the molecule is N#Cc1ccnc(OC2CCN(C(=O)c3c[nH]c(=O)c(Cl)c3)C2)c1. The summed E-state index contributed by atoms with van der Waals surface area (Å²) in [5.74, 6) is 0.137. The van der Waals surface area contributed by atoms with Gasteiger partial charge in [-0.1, -0.05) is 11.6 Å². The molecule has 0 radical (unpaired) electrons. The number of carbonyl (C=O) groups is 1. The number of likely N-dealkylation sites (tertiary alicyclic amines) is 1. The lowest BCUT2D eigenvalue weighted by Gasteiger charge is -2.17. The summed E-state index contributed by atoms with van der Waals surface area (Å²) < 4.78 is 5.74. The van der Waals surface area contributed by atoms with Crippen LogP contribution in [0.4, 0.5) is 0 Å². The summed E-state index contributed by atoms with van der Waals surface area (Å²) in [7, 11) is 0. The Hall–Kier alpha value is -2.85. The van der Waals surface area contributed by atoms with Gasteiger partial charge in [0, 0.05) is 31.4 Å². The molecule has 0 aliphatic carbocycles. The molecule has 1 aliphatic heterocycles. The minimum absolute atomic E-state index is 0.0228. The molecule has 7 nitrogen and oxygen atoms in total. The number of halogens is 1.